The van der Waals surface area contributed by atoms with Crippen molar-refractivity contribution in [2.45, 2.75) is 19.9 Å². The maximum absolute atomic E-state index is 12.8. The Kier molecular flexibility index (Phi) is 8.48. The standard InChI is InChI=1S/C21H27NO6S/c1-4-29(24,25)28-20-7-5-6-18(14-20)16-22(12-13-26-2)21(23)15-17-8-10-19(27-3)11-9-17/h5-11,14H,4,12-13,15-16H2,1-3H3. The molecule has 0 N–H and O–H groups in total. The molecular weight excluding hydrogens is 394 g/mol. The lowest BCUT2D eigenvalue weighted by molar-refractivity contribution is -0.131. The van der Waals surface area contributed by atoms with Gasteiger partial charge in [0.2, 0.25) is 5.91 Å². The molecule has 8 heteroatoms. The Morgan fingerprint density at radius 3 is 2.34 bits per heavy atom. The average molecular weight is 422 g/mol. The maximum Gasteiger partial charge on any atom is 0.308 e. The lowest BCUT2D eigenvalue weighted by atomic mass is 10.1. The van der Waals surface area contributed by atoms with Gasteiger partial charge in [0.05, 0.1) is 25.9 Å². The average Bonchev–Trinajstić information content (AvgIpc) is 2.71. The van der Waals surface area contributed by atoms with Crippen molar-refractivity contribution in [1.82, 2.24) is 4.90 Å². The second-order valence-electron chi connectivity index (χ2n) is 6.41. The third-order valence-corrected chi connectivity index (χ3v) is 5.43. The van der Waals surface area contributed by atoms with Crippen molar-refractivity contribution in [2.24, 2.45) is 0 Å². The zero-order valence-corrected chi connectivity index (χ0v) is 17.8. The van der Waals surface area contributed by atoms with Crippen LogP contribution < -0.4 is 8.92 Å². The summed E-state index contributed by atoms with van der Waals surface area (Å²) in [7, 11) is -0.432. The molecule has 2 rings (SSSR count). The first-order valence-corrected chi connectivity index (χ1v) is 10.9. The van der Waals surface area contributed by atoms with Crippen molar-refractivity contribution < 1.29 is 26.9 Å². The quantitative estimate of drug-likeness (QED) is 0.519. The molecule has 2 aromatic carbocycles. The van der Waals surface area contributed by atoms with Crippen molar-refractivity contribution in [2.75, 3.05) is 33.1 Å². The fraction of sp³-hybridized carbons (Fsp3) is 0.381. The summed E-state index contributed by atoms with van der Waals surface area (Å²) < 4.78 is 38.7. The monoisotopic (exact) mass is 421 g/mol. The molecule has 0 fully saturated rings. The lowest BCUT2D eigenvalue weighted by Gasteiger charge is -2.23. The molecule has 0 heterocycles. The van der Waals surface area contributed by atoms with E-state index in [1.165, 1.54) is 6.92 Å². The highest BCUT2D eigenvalue weighted by atomic mass is 32.2. The van der Waals surface area contributed by atoms with E-state index in [0.717, 1.165) is 16.9 Å². The molecule has 0 aliphatic carbocycles. The Labute approximate surface area is 172 Å². The number of hydrogen-bond donors (Lipinski definition) is 0. The third-order valence-electron chi connectivity index (χ3n) is 4.28. The van der Waals surface area contributed by atoms with Gasteiger partial charge in [0.1, 0.15) is 11.5 Å². The van der Waals surface area contributed by atoms with Crippen LogP contribution in [0.3, 0.4) is 0 Å². The summed E-state index contributed by atoms with van der Waals surface area (Å²) in [6.45, 7) is 2.66. The fourth-order valence-electron chi connectivity index (χ4n) is 2.64. The number of carbonyl (C=O) groups is 1. The highest BCUT2D eigenvalue weighted by molar-refractivity contribution is 7.87. The van der Waals surface area contributed by atoms with Gasteiger partial charge in [0.15, 0.2) is 0 Å². The van der Waals surface area contributed by atoms with Gasteiger partial charge in [-0.25, -0.2) is 0 Å². The zero-order chi connectivity index (χ0) is 21.3. The van der Waals surface area contributed by atoms with Gasteiger partial charge in [-0.2, -0.15) is 8.42 Å². The van der Waals surface area contributed by atoms with E-state index in [-0.39, 0.29) is 23.8 Å². The molecule has 0 aliphatic heterocycles. The Hall–Kier alpha value is -2.58. The van der Waals surface area contributed by atoms with Gasteiger partial charge in [-0.1, -0.05) is 24.3 Å². The first kappa shape index (κ1) is 22.7. The predicted octanol–water partition coefficient (Wildman–Crippen LogP) is 2.64. The molecule has 29 heavy (non-hydrogen) atoms. The van der Waals surface area contributed by atoms with Crippen LogP contribution in [0.5, 0.6) is 11.5 Å². The Morgan fingerprint density at radius 2 is 1.72 bits per heavy atom. The number of benzene rings is 2. The van der Waals surface area contributed by atoms with Crippen LogP contribution in [0.15, 0.2) is 48.5 Å². The molecular formula is C21H27NO6S. The van der Waals surface area contributed by atoms with Crippen LogP contribution in [-0.4, -0.2) is 52.3 Å². The van der Waals surface area contributed by atoms with Gasteiger partial charge in [-0.05, 0) is 42.3 Å². The van der Waals surface area contributed by atoms with Crippen molar-refractivity contribution >= 4 is 16.0 Å². The molecule has 0 radical (unpaired) electrons. The minimum absolute atomic E-state index is 0.0558. The van der Waals surface area contributed by atoms with Crippen molar-refractivity contribution in [3.05, 3.63) is 59.7 Å². The van der Waals surface area contributed by atoms with E-state index >= 15 is 0 Å². The van der Waals surface area contributed by atoms with Crippen LogP contribution in [0, 0.1) is 0 Å². The van der Waals surface area contributed by atoms with Crippen LogP contribution in [0.25, 0.3) is 0 Å². The molecule has 0 saturated carbocycles. The first-order valence-electron chi connectivity index (χ1n) is 9.27. The number of methoxy groups -OCH3 is 2. The van der Waals surface area contributed by atoms with E-state index in [1.54, 1.807) is 37.3 Å². The number of rotatable bonds is 11. The SMILES string of the molecule is CCS(=O)(=O)Oc1cccc(CN(CCOC)C(=O)Cc2ccc(OC)cc2)c1. The van der Waals surface area contributed by atoms with Gasteiger partial charge in [-0.15, -0.1) is 0 Å². The van der Waals surface area contributed by atoms with Crippen LogP contribution in [0.1, 0.15) is 18.1 Å². The smallest absolute Gasteiger partial charge is 0.308 e. The molecule has 158 valence electrons. The highest BCUT2D eigenvalue weighted by Crippen LogP contribution is 2.18. The molecule has 0 atom stereocenters. The van der Waals surface area contributed by atoms with Crippen molar-refractivity contribution in [3.63, 3.8) is 0 Å². The Balaban J connectivity index is 2.11. The van der Waals surface area contributed by atoms with Gasteiger partial charge in [0.25, 0.3) is 0 Å². The molecule has 0 aliphatic rings. The Morgan fingerprint density at radius 1 is 1.00 bits per heavy atom. The van der Waals surface area contributed by atoms with E-state index in [0.29, 0.717) is 19.7 Å². The van der Waals surface area contributed by atoms with E-state index in [4.69, 9.17) is 13.7 Å². The van der Waals surface area contributed by atoms with Crippen molar-refractivity contribution in [1.29, 1.82) is 0 Å². The first-order chi connectivity index (χ1) is 13.9. The number of ether oxygens (including phenoxy) is 2. The molecule has 0 unspecified atom stereocenters. The minimum atomic E-state index is -3.61. The lowest BCUT2D eigenvalue weighted by Crippen LogP contribution is -2.34. The van der Waals surface area contributed by atoms with E-state index in [1.807, 2.05) is 30.3 Å². The number of nitrogens with zero attached hydrogens (tertiary/aromatic N) is 1. The molecule has 0 saturated heterocycles. The summed E-state index contributed by atoms with van der Waals surface area (Å²) in [6.07, 6.45) is 0.244. The van der Waals surface area contributed by atoms with Gasteiger partial charge in [0, 0.05) is 20.2 Å². The minimum Gasteiger partial charge on any atom is -0.497 e. The topological polar surface area (TPSA) is 82.1 Å². The molecule has 0 aromatic heterocycles. The van der Waals surface area contributed by atoms with Gasteiger partial charge < -0.3 is 18.6 Å². The van der Waals surface area contributed by atoms with Crippen LogP contribution in [0.4, 0.5) is 0 Å². The van der Waals surface area contributed by atoms with Crippen LogP contribution in [0.2, 0.25) is 0 Å². The molecule has 0 spiro atoms. The molecule has 2 aromatic rings. The van der Waals surface area contributed by atoms with E-state index < -0.39 is 10.1 Å². The summed E-state index contributed by atoms with van der Waals surface area (Å²) in [4.78, 5) is 14.5. The molecule has 0 bridgehead atoms. The van der Waals surface area contributed by atoms with Gasteiger partial charge in [-0.3, -0.25) is 4.79 Å². The molecule has 7 nitrogen and oxygen atoms in total. The predicted molar refractivity (Wildman–Crippen MR) is 111 cm³/mol. The second kappa shape index (κ2) is 10.8. The maximum atomic E-state index is 12.8. The zero-order valence-electron chi connectivity index (χ0n) is 17.0. The fourth-order valence-corrected chi connectivity index (χ4v) is 3.16. The third kappa shape index (κ3) is 7.40. The summed E-state index contributed by atoms with van der Waals surface area (Å²) in [6, 6.07) is 14.1. The highest BCUT2D eigenvalue weighted by Gasteiger charge is 2.16. The van der Waals surface area contributed by atoms with Crippen LogP contribution >= 0.6 is 0 Å². The second-order valence-corrected chi connectivity index (χ2v) is 8.27. The summed E-state index contributed by atoms with van der Waals surface area (Å²) in [5, 5.41) is 0. The van der Waals surface area contributed by atoms with E-state index in [2.05, 4.69) is 0 Å². The largest absolute Gasteiger partial charge is 0.497 e. The number of carbonyl (C=O) groups excluding carboxylic acids is 1. The number of amides is 1. The number of hydrogen-bond acceptors (Lipinski definition) is 6. The van der Waals surface area contributed by atoms with E-state index in [9.17, 15) is 13.2 Å². The van der Waals surface area contributed by atoms with Crippen molar-refractivity contribution in [3.8, 4) is 11.5 Å². The Bertz CT molecular complexity index is 896. The summed E-state index contributed by atoms with van der Waals surface area (Å²) in [5.74, 6) is 0.798. The van der Waals surface area contributed by atoms with Gasteiger partial charge >= 0.3 is 10.1 Å². The summed E-state index contributed by atoms with van der Waals surface area (Å²) >= 11 is 0. The van der Waals surface area contributed by atoms with Crippen LogP contribution in [-0.2, 0) is 32.6 Å². The normalized spacial score (nSPS) is 11.1. The molecule has 1 amide bonds. The summed E-state index contributed by atoms with van der Waals surface area (Å²) in [5.41, 5.74) is 1.65.